The van der Waals surface area contributed by atoms with Crippen molar-refractivity contribution in [2.24, 2.45) is 0 Å². The number of hydrogen-bond donors (Lipinski definition) is 0. The summed E-state index contributed by atoms with van der Waals surface area (Å²) >= 11 is 0. The molecule has 2 aliphatic rings. The van der Waals surface area contributed by atoms with Crippen molar-refractivity contribution in [1.82, 2.24) is 0 Å². The molecular weight excluding hydrogens is 285 g/mol. The molecule has 1 aliphatic carbocycles. The molecule has 0 N–H and O–H groups in total. The van der Waals surface area contributed by atoms with E-state index in [9.17, 15) is 9.59 Å². The van der Waals surface area contributed by atoms with E-state index in [1.165, 1.54) is 0 Å². The van der Waals surface area contributed by atoms with Crippen LogP contribution < -0.4 is 4.90 Å². The molecule has 0 spiro atoms. The smallest absolute Gasteiger partial charge is 0.421 e. The molecule has 1 saturated carbocycles. The SMILES string of the molecule is CC(C)(C)OC(=O)N1C(=O)C2(F)CCCC2c2ccccc21. The summed E-state index contributed by atoms with van der Waals surface area (Å²) in [7, 11) is 0. The Morgan fingerprint density at radius 2 is 2.05 bits per heavy atom. The van der Waals surface area contributed by atoms with Gasteiger partial charge in [0.15, 0.2) is 5.67 Å². The number of ether oxygens (including phenoxy) is 1. The highest BCUT2D eigenvalue weighted by Gasteiger charge is 2.58. The Balaban J connectivity index is 2.08. The Kier molecular flexibility index (Phi) is 3.27. The summed E-state index contributed by atoms with van der Waals surface area (Å²) in [5.74, 6) is -1.25. The molecule has 1 heterocycles. The van der Waals surface area contributed by atoms with Crippen LogP contribution in [0.15, 0.2) is 24.3 Å². The first-order valence-corrected chi connectivity index (χ1v) is 7.59. The Labute approximate surface area is 129 Å². The molecule has 0 saturated heterocycles. The lowest BCUT2D eigenvalue weighted by atomic mass is 9.81. The third kappa shape index (κ3) is 2.19. The van der Waals surface area contributed by atoms with Crippen molar-refractivity contribution in [3.8, 4) is 0 Å². The number of fused-ring (bicyclic) bond motifs is 3. The highest BCUT2D eigenvalue weighted by Crippen LogP contribution is 2.53. The minimum Gasteiger partial charge on any atom is -0.443 e. The summed E-state index contributed by atoms with van der Waals surface area (Å²) in [5.41, 5.74) is -1.58. The van der Waals surface area contributed by atoms with Gasteiger partial charge in [0.1, 0.15) is 5.60 Å². The topological polar surface area (TPSA) is 46.6 Å². The van der Waals surface area contributed by atoms with Crippen LogP contribution in [-0.4, -0.2) is 23.3 Å². The molecular formula is C17H20FNO3. The number of nitrogens with zero attached hydrogens (tertiary/aromatic N) is 1. The zero-order valence-corrected chi connectivity index (χ0v) is 13.1. The second-order valence-electron chi connectivity index (χ2n) is 6.99. The number of hydrogen-bond acceptors (Lipinski definition) is 3. The summed E-state index contributed by atoms with van der Waals surface area (Å²) in [5, 5.41) is 0. The van der Waals surface area contributed by atoms with E-state index < -0.39 is 29.2 Å². The van der Waals surface area contributed by atoms with Gasteiger partial charge in [0.2, 0.25) is 0 Å². The van der Waals surface area contributed by atoms with Crippen molar-refractivity contribution in [2.45, 2.75) is 57.2 Å². The fraction of sp³-hybridized carbons (Fsp3) is 0.529. The fourth-order valence-corrected chi connectivity index (χ4v) is 3.39. The number of benzene rings is 1. The molecule has 2 atom stereocenters. The third-order valence-electron chi connectivity index (χ3n) is 4.27. The Morgan fingerprint density at radius 3 is 2.73 bits per heavy atom. The minimum absolute atomic E-state index is 0.157. The van der Waals surface area contributed by atoms with Gasteiger partial charge in [-0.2, -0.15) is 0 Å². The van der Waals surface area contributed by atoms with Crippen LogP contribution in [0.5, 0.6) is 0 Å². The number of alkyl halides is 1. The summed E-state index contributed by atoms with van der Waals surface area (Å²) in [6.07, 6.45) is 0.613. The first-order chi connectivity index (χ1) is 10.2. The summed E-state index contributed by atoms with van der Waals surface area (Å²) in [4.78, 5) is 26.0. The summed E-state index contributed by atoms with van der Waals surface area (Å²) < 4.78 is 20.6. The van der Waals surface area contributed by atoms with Crippen LogP contribution in [0.1, 0.15) is 51.5 Å². The maximum absolute atomic E-state index is 15.3. The number of rotatable bonds is 0. The number of carbonyl (C=O) groups excluding carboxylic acids is 2. The van der Waals surface area contributed by atoms with Crippen molar-refractivity contribution >= 4 is 17.7 Å². The van der Waals surface area contributed by atoms with Gasteiger partial charge in [0.05, 0.1) is 5.69 Å². The molecule has 3 rings (SSSR count). The molecule has 0 aromatic heterocycles. The monoisotopic (exact) mass is 305 g/mol. The van der Waals surface area contributed by atoms with E-state index in [0.29, 0.717) is 24.1 Å². The largest absolute Gasteiger partial charge is 0.443 e. The van der Waals surface area contributed by atoms with Crippen LogP contribution in [0, 0.1) is 0 Å². The standard InChI is InChI=1S/C17H20FNO3/c1-16(2,3)22-15(21)19-13-9-5-4-7-11(13)12-8-6-10-17(12,18)14(19)20/h4-5,7,9,12H,6,8,10H2,1-3H3. The fourth-order valence-electron chi connectivity index (χ4n) is 3.39. The first-order valence-electron chi connectivity index (χ1n) is 7.59. The summed E-state index contributed by atoms with van der Waals surface area (Å²) in [6, 6.07) is 7.02. The number of halogens is 1. The van der Waals surface area contributed by atoms with Crippen LogP contribution in [0.4, 0.5) is 14.9 Å². The normalized spacial score (nSPS) is 27.4. The van der Waals surface area contributed by atoms with Crippen LogP contribution in [0.3, 0.4) is 0 Å². The lowest BCUT2D eigenvalue weighted by Crippen LogP contribution is -2.55. The van der Waals surface area contributed by atoms with Crippen LogP contribution in [0.25, 0.3) is 0 Å². The highest BCUT2D eigenvalue weighted by molar-refractivity contribution is 6.18. The van der Waals surface area contributed by atoms with E-state index in [0.717, 1.165) is 4.90 Å². The van der Waals surface area contributed by atoms with Gasteiger partial charge < -0.3 is 4.74 Å². The van der Waals surface area contributed by atoms with Crippen molar-refractivity contribution in [2.75, 3.05) is 4.90 Å². The molecule has 1 aromatic rings. The lowest BCUT2D eigenvalue weighted by Gasteiger charge is -2.39. The van der Waals surface area contributed by atoms with E-state index in [2.05, 4.69) is 0 Å². The molecule has 22 heavy (non-hydrogen) atoms. The maximum Gasteiger partial charge on any atom is 0.421 e. The van der Waals surface area contributed by atoms with Crippen molar-refractivity contribution < 1.29 is 18.7 Å². The van der Waals surface area contributed by atoms with Crippen molar-refractivity contribution in [3.05, 3.63) is 29.8 Å². The van der Waals surface area contributed by atoms with Gasteiger partial charge in [-0.05, 0) is 51.7 Å². The number of anilines is 1. The van der Waals surface area contributed by atoms with Crippen LogP contribution >= 0.6 is 0 Å². The van der Waals surface area contributed by atoms with Gasteiger partial charge in [0.25, 0.3) is 5.91 Å². The number of carbonyl (C=O) groups is 2. The molecule has 2 amide bonds. The molecule has 118 valence electrons. The van der Waals surface area contributed by atoms with E-state index in [1.807, 2.05) is 0 Å². The zero-order chi connectivity index (χ0) is 16.1. The van der Waals surface area contributed by atoms with Gasteiger partial charge >= 0.3 is 6.09 Å². The average Bonchev–Trinajstić information content (AvgIpc) is 2.81. The van der Waals surface area contributed by atoms with Crippen LogP contribution in [0.2, 0.25) is 0 Å². The maximum atomic E-state index is 15.3. The average molecular weight is 305 g/mol. The molecule has 0 radical (unpaired) electrons. The van der Waals surface area contributed by atoms with E-state index >= 15 is 4.39 Å². The Bertz CT molecular complexity index is 637. The quantitative estimate of drug-likeness (QED) is 0.729. The molecule has 5 heteroatoms. The second kappa shape index (κ2) is 4.80. The van der Waals surface area contributed by atoms with E-state index in [1.54, 1.807) is 45.0 Å². The van der Waals surface area contributed by atoms with Crippen molar-refractivity contribution in [1.29, 1.82) is 0 Å². The summed E-state index contributed by atoms with van der Waals surface area (Å²) in [6.45, 7) is 5.15. The number of imide groups is 1. The van der Waals surface area contributed by atoms with Gasteiger partial charge in [-0.25, -0.2) is 14.1 Å². The Hall–Kier alpha value is -1.91. The van der Waals surface area contributed by atoms with E-state index in [-0.39, 0.29) is 6.42 Å². The van der Waals surface area contributed by atoms with Gasteiger partial charge in [-0.3, -0.25) is 4.79 Å². The molecule has 0 bridgehead atoms. The van der Waals surface area contributed by atoms with Crippen LogP contribution in [-0.2, 0) is 9.53 Å². The third-order valence-corrected chi connectivity index (χ3v) is 4.27. The minimum atomic E-state index is -1.99. The zero-order valence-electron chi connectivity index (χ0n) is 13.1. The van der Waals surface area contributed by atoms with E-state index in [4.69, 9.17) is 4.74 Å². The number of amides is 2. The predicted molar refractivity (Wildman–Crippen MR) is 80.6 cm³/mol. The second-order valence-corrected chi connectivity index (χ2v) is 6.99. The van der Waals surface area contributed by atoms with Gasteiger partial charge in [0, 0.05) is 5.92 Å². The predicted octanol–water partition coefficient (Wildman–Crippen LogP) is 3.94. The molecule has 2 unspecified atom stereocenters. The lowest BCUT2D eigenvalue weighted by molar-refractivity contribution is -0.131. The Morgan fingerprint density at radius 1 is 1.36 bits per heavy atom. The van der Waals surface area contributed by atoms with Gasteiger partial charge in [-0.15, -0.1) is 0 Å². The van der Waals surface area contributed by atoms with Crippen molar-refractivity contribution in [3.63, 3.8) is 0 Å². The molecule has 1 aromatic carbocycles. The van der Waals surface area contributed by atoms with Gasteiger partial charge in [-0.1, -0.05) is 18.2 Å². The molecule has 4 nitrogen and oxygen atoms in total. The molecule has 1 aliphatic heterocycles. The first kappa shape index (κ1) is 15.0. The highest BCUT2D eigenvalue weighted by atomic mass is 19.1. The molecule has 1 fully saturated rings. The number of para-hydroxylation sites is 1.